The van der Waals surface area contributed by atoms with E-state index in [1.54, 1.807) is 36.4 Å². The van der Waals surface area contributed by atoms with Crippen LogP contribution in [0.4, 0.5) is 0 Å². The number of ether oxygens (including phenoxy) is 1. The monoisotopic (exact) mass is 448 g/mol. The largest absolute Gasteiger partial charge is 0.462 e. The Balaban J connectivity index is 1.84. The van der Waals surface area contributed by atoms with Crippen LogP contribution in [-0.2, 0) is 14.3 Å². The standard InChI is InChI=1S/C25H24N2O6/c1-3-4-13-32-25(31)18-7-5-17(6-8-18)22-10-9-19(33-22)14-20-16(2)21(15-26)24(30)27(11-12-28)23(20)29/h5-10,14,28H,3-4,11-13H2,1-2H3/b20-14+. The molecule has 0 saturated carbocycles. The van der Waals surface area contributed by atoms with Gasteiger partial charge in [0, 0.05) is 11.1 Å². The molecule has 0 atom stereocenters. The number of amides is 2. The Morgan fingerprint density at radius 3 is 2.55 bits per heavy atom. The second-order valence-electron chi connectivity index (χ2n) is 7.42. The molecule has 3 rings (SSSR count). The number of nitriles is 1. The van der Waals surface area contributed by atoms with Crippen LogP contribution in [0.15, 0.2) is 57.5 Å². The van der Waals surface area contributed by atoms with Crippen LogP contribution in [0.3, 0.4) is 0 Å². The van der Waals surface area contributed by atoms with Crippen molar-refractivity contribution < 1.29 is 28.6 Å². The van der Waals surface area contributed by atoms with Crippen LogP contribution in [-0.4, -0.2) is 47.5 Å². The number of nitrogens with zero attached hydrogens (tertiary/aromatic N) is 2. The van der Waals surface area contributed by atoms with Crippen LogP contribution in [0.5, 0.6) is 0 Å². The molecule has 0 unspecified atom stereocenters. The van der Waals surface area contributed by atoms with Gasteiger partial charge in [0.05, 0.1) is 25.3 Å². The van der Waals surface area contributed by atoms with Gasteiger partial charge < -0.3 is 14.3 Å². The zero-order chi connectivity index (χ0) is 24.0. The Labute approximate surface area is 191 Å². The minimum atomic E-state index is -0.723. The summed E-state index contributed by atoms with van der Waals surface area (Å²) in [5.41, 5.74) is 1.41. The summed E-state index contributed by atoms with van der Waals surface area (Å²) >= 11 is 0. The first-order valence-corrected chi connectivity index (χ1v) is 10.6. The zero-order valence-corrected chi connectivity index (χ0v) is 18.5. The molecule has 2 amide bonds. The molecule has 0 spiro atoms. The Bertz CT molecular complexity index is 1160. The van der Waals surface area contributed by atoms with E-state index in [1.165, 1.54) is 13.0 Å². The third kappa shape index (κ3) is 5.10. The van der Waals surface area contributed by atoms with Crippen molar-refractivity contribution in [1.29, 1.82) is 5.26 Å². The van der Waals surface area contributed by atoms with Gasteiger partial charge in [0.1, 0.15) is 23.2 Å². The van der Waals surface area contributed by atoms with Crippen LogP contribution < -0.4 is 0 Å². The minimum absolute atomic E-state index is 0.144. The number of aliphatic hydroxyl groups excluding tert-OH is 1. The van der Waals surface area contributed by atoms with Crippen LogP contribution in [0.1, 0.15) is 42.8 Å². The van der Waals surface area contributed by atoms with E-state index < -0.39 is 18.4 Å². The number of benzene rings is 1. The average molecular weight is 448 g/mol. The van der Waals surface area contributed by atoms with E-state index in [-0.39, 0.29) is 29.2 Å². The molecular formula is C25H24N2O6. The van der Waals surface area contributed by atoms with Gasteiger partial charge in [0.2, 0.25) is 0 Å². The van der Waals surface area contributed by atoms with Gasteiger partial charge in [-0.25, -0.2) is 4.79 Å². The van der Waals surface area contributed by atoms with Gasteiger partial charge in [-0.1, -0.05) is 25.5 Å². The number of carbonyl (C=O) groups excluding carboxylic acids is 3. The van der Waals surface area contributed by atoms with E-state index in [4.69, 9.17) is 9.15 Å². The Morgan fingerprint density at radius 1 is 1.18 bits per heavy atom. The summed E-state index contributed by atoms with van der Waals surface area (Å²) in [5, 5.41) is 18.5. The molecule has 8 heteroatoms. The molecule has 0 aliphatic carbocycles. The fraction of sp³-hybridized carbons (Fsp3) is 0.280. The fourth-order valence-electron chi connectivity index (χ4n) is 3.32. The SMILES string of the molecule is CCCCOC(=O)c1ccc(-c2ccc(/C=C3/C(=O)N(CCO)C(=O)C(C#N)=C3C)o2)cc1. The van der Waals surface area contributed by atoms with Crippen molar-refractivity contribution in [3.05, 3.63) is 64.4 Å². The molecule has 2 heterocycles. The number of aliphatic hydroxyl groups is 1. The van der Waals surface area contributed by atoms with E-state index in [9.17, 15) is 24.8 Å². The number of imide groups is 1. The normalized spacial score (nSPS) is 15.2. The number of unbranched alkanes of at least 4 members (excludes halogenated alkanes) is 1. The van der Waals surface area contributed by atoms with Crippen molar-refractivity contribution in [1.82, 2.24) is 4.90 Å². The molecule has 8 nitrogen and oxygen atoms in total. The molecule has 1 N–H and O–H groups in total. The quantitative estimate of drug-likeness (QED) is 0.284. The lowest BCUT2D eigenvalue weighted by molar-refractivity contribution is -0.141. The molecule has 2 aromatic rings. The van der Waals surface area contributed by atoms with Gasteiger partial charge in [-0.3, -0.25) is 14.5 Å². The number of β-amino-alcohol motifs (C(OH)–C–C–N with tert-alkyl or cyclic N) is 1. The predicted molar refractivity (Wildman–Crippen MR) is 119 cm³/mol. The molecule has 0 fully saturated rings. The van der Waals surface area contributed by atoms with Crippen molar-refractivity contribution in [3.8, 4) is 17.4 Å². The van der Waals surface area contributed by atoms with Crippen molar-refractivity contribution >= 4 is 23.9 Å². The van der Waals surface area contributed by atoms with Gasteiger partial charge in [-0.15, -0.1) is 0 Å². The van der Waals surface area contributed by atoms with Crippen LogP contribution in [0, 0.1) is 11.3 Å². The van der Waals surface area contributed by atoms with E-state index in [0.29, 0.717) is 23.7 Å². The lowest BCUT2D eigenvalue weighted by Crippen LogP contribution is -2.44. The zero-order valence-electron chi connectivity index (χ0n) is 18.5. The first-order chi connectivity index (χ1) is 15.9. The van der Waals surface area contributed by atoms with Crippen molar-refractivity contribution in [2.24, 2.45) is 0 Å². The number of furan rings is 1. The first-order valence-electron chi connectivity index (χ1n) is 10.6. The molecule has 1 aromatic carbocycles. The third-order valence-electron chi connectivity index (χ3n) is 5.20. The van der Waals surface area contributed by atoms with Gasteiger partial charge in [-0.05, 0) is 49.3 Å². The number of hydrogen-bond acceptors (Lipinski definition) is 7. The molecule has 33 heavy (non-hydrogen) atoms. The summed E-state index contributed by atoms with van der Waals surface area (Å²) in [6.07, 6.45) is 3.22. The summed E-state index contributed by atoms with van der Waals surface area (Å²) < 4.78 is 11.0. The maximum absolute atomic E-state index is 12.8. The summed E-state index contributed by atoms with van der Waals surface area (Å²) in [4.78, 5) is 38.0. The highest BCUT2D eigenvalue weighted by atomic mass is 16.5. The van der Waals surface area contributed by atoms with Gasteiger partial charge >= 0.3 is 5.97 Å². The maximum atomic E-state index is 12.8. The Morgan fingerprint density at radius 2 is 1.91 bits per heavy atom. The van der Waals surface area contributed by atoms with E-state index in [0.717, 1.165) is 23.3 Å². The fourth-order valence-corrected chi connectivity index (χ4v) is 3.32. The summed E-state index contributed by atoms with van der Waals surface area (Å²) in [5.74, 6) is -0.838. The van der Waals surface area contributed by atoms with Crippen molar-refractivity contribution in [2.45, 2.75) is 26.7 Å². The van der Waals surface area contributed by atoms with Crippen LogP contribution in [0.2, 0.25) is 0 Å². The topological polar surface area (TPSA) is 121 Å². The molecule has 0 radical (unpaired) electrons. The summed E-state index contributed by atoms with van der Waals surface area (Å²) in [6, 6.07) is 12.0. The van der Waals surface area contributed by atoms with Gasteiger partial charge in [0.15, 0.2) is 0 Å². The number of rotatable bonds is 8. The highest BCUT2D eigenvalue weighted by Gasteiger charge is 2.35. The molecule has 1 aromatic heterocycles. The highest BCUT2D eigenvalue weighted by Crippen LogP contribution is 2.29. The molecule has 0 bridgehead atoms. The predicted octanol–water partition coefficient (Wildman–Crippen LogP) is 3.49. The molecule has 0 saturated heterocycles. The first kappa shape index (κ1) is 23.7. The van der Waals surface area contributed by atoms with E-state index in [1.807, 2.05) is 13.0 Å². The van der Waals surface area contributed by atoms with E-state index in [2.05, 4.69) is 0 Å². The number of esters is 1. The van der Waals surface area contributed by atoms with Crippen LogP contribution in [0.25, 0.3) is 17.4 Å². The van der Waals surface area contributed by atoms with E-state index >= 15 is 0 Å². The molecular weight excluding hydrogens is 424 g/mol. The van der Waals surface area contributed by atoms with Crippen LogP contribution >= 0.6 is 0 Å². The molecule has 1 aliphatic heterocycles. The Kier molecular flexibility index (Phi) is 7.59. The van der Waals surface area contributed by atoms with Crippen molar-refractivity contribution in [2.75, 3.05) is 19.8 Å². The lowest BCUT2D eigenvalue weighted by Gasteiger charge is -2.26. The lowest BCUT2D eigenvalue weighted by atomic mass is 9.95. The van der Waals surface area contributed by atoms with Gasteiger partial charge in [0.25, 0.3) is 11.8 Å². The molecule has 170 valence electrons. The third-order valence-corrected chi connectivity index (χ3v) is 5.20. The molecule has 1 aliphatic rings. The maximum Gasteiger partial charge on any atom is 0.338 e. The summed E-state index contributed by atoms with van der Waals surface area (Å²) in [7, 11) is 0. The van der Waals surface area contributed by atoms with Gasteiger partial charge in [-0.2, -0.15) is 5.26 Å². The highest BCUT2D eigenvalue weighted by molar-refractivity contribution is 6.19. The Hall–Kier alpha value is -3.96. The average Bonchev–Trinajstić information content (AvgIpc) is 3.29. The number of carbonyl (C=O) groups is 3. The number of hydrogen-bond donors (Lipinski definition) is 1. The smallest absolute Gasteiger partial charge is 0.338 e. The van der Waals surface area contributed by atoms with Crippen molar-refractivity contribution in [3.63, 3.8) is 0 Å². The second kappa shape index (κ2) is 10.6. The minimum Gasteiger partial charge on any atom is -0.462 e. The summed E-state index contributed by atoms with van der Waals surface area (Å²) in [6.45, 7) is 3.32. The second-order valence-corrected chi connectivity index (χ2v) is 7.42.